The number of aromatic nitrogens is 1. The van der Waals surface area contributed by atoms with E-state index in [-0.39, 0.29) is 23.8 Å². The number of carbonyl (C=O) groups excluding carboxylic acids is 2. The van der Waals surface area contributed by atoms with Crippen LogP contribution in [0, 0.1) is 5.92 Å². The Morgan fingerprint density at radius 3 is 2.50 bits per heavy atom. The van der Waals surface area contributed by atoms with Gasteiger partial charge in [-0.2, -0.15) is 0 Å². The van der Waals surface area contributed by atoms with Crippen LogP contribution in [0.25, 0.3) is 0 Å². The third-order valence-electron chi connectivity index (χ3n) is 5.67. The van der Waals surface area contributed by atoms with Crippen molar-refractivity contribution in [3.63, 3.8) is 0 Å². The highest BCUT2D eigenvalue weighted by Gasteiger charge is 2.35. The van der Waals surface area contributed by atoms with E-state index >= 15 is 0 Å². The molecule has 1 atom stereocenters. The minimum absolute atomic E-state index is 0.0174. The predicted molar refractivity (Wildman–Crippen MR) is 108 cm³/mol. The summed E-state index contributed by atoms with van der Waals surface area (Å²) in [4.78, 5) is 33.1. The Hall–Kier alpha value is -2.89. The van der Waals surface area contributed by atoms with Gasteiger partial charge >= 0.3 is 0 Å². The maximum absolute atomic E-state index is 12.7. The molecular formula is C22H26N4O2. The number of benzene rings is 1. The molecule has 0 radical (unpaired) electrons. The minimum atomic E-state index is -0.249. The SMILES string of the molecule is O=C(NC1CCN(c2ccccc2)CC1)C1CC(=O)N(Cc2ccncc2)C1. The largest absolute Gasteiger partial charge is 0.371 e. The fourth-order valence-corrected chi connectivity index (χ4v) is 4.05. The molecule has 0 bridgehead atoms. The zero-order chi connectivity index (χ0) is 19.3. The molecule has 1 aromatic heterocycles. The monoisotopic (exact) mass is 378 g/mol. The number of nitrogens with zero attached hydrogens (tertiary/aromatic N) is 3. The highest BCUT2D eigenvalue weighted by molar-refractivity contribution is 5.89. The number of hydrogen-bond acceptors (Lipinski definition) is 4. The van der Waals surface area contributed by atoms with E-state index in [4.69, 9.17) is 0 Å². The van der Waals surface area contributed by atoms with Crippen molar-refractivity contribution in [3.05, 3.63) is 60.4 Å². The molecule has 28 heavy (non-hydrogen) atoms. The molecule has 2 aliphatic heterocycles. The van der Waals surface area contributed by atoms with Crippen molar-refractivity contribution >= 4 is 17.5 Å². The number of amides is 2. The van der Waals surface area contributed by atoms with E-state index in [0.717, 1.165) is 31.5 Å². The lowest BCUT2D eigenvalue weighted by molar-refractivity contribution is -0.129. The topological polar surface area (TPSA) is 65.5 Å². The van der Waals surface area contributed by atoms with Crippen LogP contribution in [-0.4, -0.2) is 47.4 Å². The van der Waals surface area contributed by atoms with Crippen LogP contribution in [0.15, 0.2) is 54.9 Å². The van der Waals surface area contributed by atoms with Crippen LogP contribution in [0.5, 0.6) is 0 Å². The summed E-state index contributed by atoms with van der Waals surface area (Å²) in [7, 11) is 0. The molecule has 3 heterocycles. The summed E-state index contributed by atoms with van der Waals surface area (Å²) in [5.41, 5.74) is 2.28. The molecule has 2 fully saturated rings. The molecule has 4 rings (SSSR count). The molecule has 1 aromatic carbocycles. The number of para-hydroxylation sites is 1. The summed E-state index contributed by atoms with van der Waals surface area (Å²) < 4.78 is 0. The fourth-order valence-electron chi connectivity index (χ4n) is 4.05. The predicted octanol–water partition coefficient (Wildman–Crippen LogP) is 2.22. The fraction of sp³-hybridized carbons (Fsp3) is 0.409. The van der Waals surface area contributed by atoms with Crippen LogP contribution in [0.1, 0.15) is 24.8 Å². The zero-order valence-corrected chi connectivity index (χ0v) is 16.0. The van der Waals surface area contributed by atoms with Crippen molar-refractivity contribution in [2.75, 3.05) is 24.5 Å². The Morgan fingerprint density at radius 1 is 1.07 bits per heavy atom. The average Bonchev–Trinajstić information content (AvgIpc) is 3.10. The summed E-state index contributed by atoms with van der Waals surface area (Å²) in [6.07, 6.45) is 5.62. The number of likely N-dealkylation sites (tertiary alicyclic amines) is 1. The third-order valence-corrected chi connectivity index (χ3v) is 5.67. The first kappa shape index (κ1) is 18.5. The highest BCUT2D eigenvalue weighted by atomic mass is 16.2. The van der Waals surface area contributed by atoms with Gasteiger partial charge in [0.2, 0.25) is 11.8 Å². The molecule has 2 aliphatic rings. The molecule has 0 aliphatic carbocycles. The van der Waals surface area contributed by atoms with Gasteiger partial charge in [0, 0.05) is 56.7 Å². The van der Waals surface area contributed by atoms with Crippen molar-refractivity contribution in [1.82, 2.24) is 15.2 Å². The second kappa shape index (κ2) is 8.42. The molecule has 1 N–H and O–H groups in total. The standard InChI is InChI=1S/C22H26N4O2/c27-21-14-18(16-26(21)15-17-6-10-23-11-7-17)22(28)24-19-8-12-25(13-9-19)20-4-2-1-3-5-20/h1-7,10-11,18-19H,8-9,12-16H2,(H,24,28). The van der Waals surface area contributed by atoms with Gasteiger partial charge in [-0.15, -0.1) is 0 Å². The van der Waals surface area contributed by atoms with Crippen LogP contribution >= 0.6 is 0 Å². The van der Waals surface area contributed by atoms with Crippen LogP contribution in [0.3, 0.4) is 0 Å². The van der Waals surface area contributed by atoms with Crippen molar-refractivity contribution in [2.45, 2.75) is 31.8 Å². The van der Waals surface area contributed by atoms with Gasteiger partial charge in [-0.1, -0.05) is 18.2 Å². The third kappa shape index (κ3) is 4.32. The van der Waals surface area contributed by atoms with E-state index in [0.29, 0.717) is 19.5 Å². The lowest BCUT2D eigenvalue weighted by atomic mass is 10.0. The molecule has 146 valence electrons. The Bertz CT molecular complexity index is 804. The van der Waals surface area contributed by atoms with Crippen LogP contribution in [-0.2, 0) is 16.1 Å². The summed E-state index contributed by atoms with van der Waals surface area (Å²) in [6.45, 7) is 2.91. The number of carbonyl (C=O) groups is 2. The Kier molecular flexibility index (Phi) is 5.55. The lowest BCUT2D eigenvalue weighted by Crippen LogP contribution is -2.46. The molecule has 0 spiro atoms. The van der Waals surface area contributed by atoms with Crippen LogP contribution < -0.4 is 10.2 Å². The molecule has 6 nitrogen and oxygen atoms in total. The van der Waals surface area contributed by atoms with E-state index in [2.05, 4.69) is 39.5 Å². The van der Waals surface area contributed by atoms with E-state index in [1.807, 2.05) is 18.2 Å². The van der Waals surface area contributed by atoms with Gasteiger partial charge in [-0.25, -0.2) is 0 Å². The van der Waals surface area contributed by atoms with Crippen LogP contribution in [0.4, 0.5) is 5.69 Å². The molecule has 2 saturated heterocycles. The first-order valence-corrected chi connectivity index (χ1v) is 9.96. The second-order valence-corrected chi connectivity index (χ2v) is 7.64. The highest BCUT2D eigenvalue weighted by Crippen LogP contribution is 2.23. The Balaban J connectivity index is 1.26. The summed E-state index contributed by atoms with van der Waals surface area (Å²) in [6, 6.07) is 14.4. The number of hydrogen-bond donors (Lipinski definition) is 1. The van der Waals surface area contributed by atoms with Gasteiger partial charge in [0.1, 0.15) is 0 Å². The first-order chi connectivity index (χ1) is 13.7. The summed E-state index contributed by atoms with van der Waals surface area (Å²) >= 11 is 0. The Labute approximate surface area is 165 Å². The molecule has 0 saturated carbocycles. The Morgan fingerprint density at radius 2 is 1.79 bits per heavy atom. The van der Waals surface area contributed by atoms with E-state index < -0.39 is 0 Å². The maximum atomic E-state index is 12.7. The molecular weight excluding hydrogens is 352 g/mol. The second-order valence-electron chi connectivity index (χ2n) is 7.64. The number of anilines is 1. The van der Waals surface area contributed by atoms with Gasteiger partial charge < -0.3 is 15.1 Å². The van der Waals surface area contributed by atoms with Crippen molar-refractivity contribution in [1.29, 1.82) is 0 Å². The molecule has 2 amide bonds. The first-order valence-electron chi connectivity index (χ1n) is 9.96. The van der Waals surface area contributed by atoms with Crippen LogP contribution in [0.2, 0.25) is 0 Å². The maximum Gasteiger partial charge on any atom is 0.225 e. The molecule has 6 heteroatoms. The van der Waals surface area contributed by atoms with Gasteiger partial charge in [0.25, 0.3) is 0 Å². The minimum Gasteiger partial charge on any atom is -0.371 e. The van der Waals surface area contributed by atoms with Gasteiger partial charge in [-0.05, 0) is 42.7 Å². The smallest absolute Gasteiger partial charge is 0.225 e. The van der Waals surface area contributed by atoms with E-state index in [9.17, 15) is 9.59 Å². The van der Waals surface area contributed by atoms with Gasteiger partial charge in [0.15, 0.2) is 0 Å². The van der Waals surface area contributed by atoms with Gasteiger partial charge in [0.05, 0.1) is 5.92 Å². The number of rotatable bonds is 5. The normalized spacial score (nSPS) is 20.4. The van der Waals surface area contributed by atoms with Crippen molar-refractivity contribution < 1.29 is 9.59 Å². The lowest BCUT2D eigenvalue weighted by Gasteiger charge is -2.34. The average molecular weight is 378 g/mol. The molecule has 2 aromatic rings. The van der Waals surface area contributed by atoms with Gasteiger partial charge in [-0.3, -0.25) is 14.6 Å². The van der Waals surface area contributed by atoms with Crippen molar-refractivity contribution in [3.8, 4) is 0 Å². The molecule has 1 unspecified atom stereocenters. The van der Waals surface area contributed by atoms with E-state index in [1.54, 1.807) is 17.3 Å². The summed E-state index contributed by atoms with van der Waals surface area (Å²) in [5, 5.41) is 3.18. The number of piperidine rings is 1. The number of nitrogens with one attached hydrogen (secondary N) is 1. The zero-order valence-electron chi connectivity index (χ0n) is 16.0. The van der Waals surface area contributed by atoms with E-state index in [1.165, 1.54) is 5.69 Å². The van der Waals surface area contributed by atoms with Crippen molar-refractivity contribution in [2.24, 2.45) is 5.92 Å². The summed E-state index contributed by atoms with van der Waals surface area (Å²) in [5.74, 6) is -0.180. The number of pyridine rings is 1. The quantitative estimate of drug-likeness (QED) is 0.866.